The Morgan fingerprint density at radius 1 is 0.900 bits per heavy atom. The van der Waals surface area contributed by atoms with Gasteiger partial charge in [-0.15, -0.1) is 10.2 Å². The molecular formula is C20H13F4N5S. The van der Waals surface area contributed by atoms with Crippen molar-refractivity contribution < 1.29 is 17.6 Å². The fourth-order valence-electron chi connectivity index (χ4n) is 2.74. The molecule has 0 saturated carbocycles. The summed E-state index contributed by atoms with van der Waals surface area (Å²) < 4.78 is 54.9. The summed E-state index contributed by atoms with van der Waals surface area (Å²) in [5.41, 5.74) is 0.0721. The molecule has 0 aliphatic rings. The van der Waals surface area contributed by atoms with Crippen LogP contribution in [0.15, 0.2) is 77.2 Å². The Bertz CT molecular complexity index is 1160. The van der Waals surface area contributed by atoms with Gasteiger partial charge in [0.25, 0.3) is 0 Å². The van der Waals surface area contributed by atoms with Crippen molar-refractivity contribution in [3.63, 3.8) is 0 Å². The van der Waals surface area contributed by atoms with E-state index in [0.29, 0.717) is 6.54 Å². The lowest BCUT2D eigenvalue weighted by atomic mass is 10.2. The smallest absolute Gasteiger partial charge is 0.297 e. The van der Waals surface area contributed by atoms with Crippen molar-refractivity contribution in [3.05, 3.63) is 83.9 Å². The van der Waals surface area contributed by atoms with Crippen LogP contribution in [0.3, 0.4) is 0 Å². The highest BCUT2D eigenvalue weighted by molar-refractivity contribution is 7.99. The highest BCUT2D eigenvalue weighted by Gasteiger charge is 2.33. The molecule has 4 aromatic rings. The Hall–Kier alpha value is -3.27. The summed E-state index contributed by atoms with van der Waals surface area (Å²) in [5, 5.41) is 8.26. The third-order valence-corrected chi connectivity index (χ3v) is 4.99. The van der Waals surface area contributed by atoms with Gasteiger partial charge >= 0.3 is 6.18 Å². The predicted molar refractivity (Wildman–Crippen MR) is 102 cm³/mol. The summed E-state index contributed by atoms with van der Waals surface area (Å²) in [6, 6.07) is 16.2. The fraction of sp³-hybridized carbons (Fsp3) is 0.100. The molecule has 0 unspecified atom stereocenters. The van der Waals surface area contributed by atoms with Crippen LogP contribution in [0.25, 0.3) is 11.4 Å². The van der Waals surface area contributed by atoms with Crippen LogP contribution in [0.1, 0.15) is 11.3 Å². The Kier molecular flexibility index (Phi) is 5.49. The first-order chi connectivity index (χ1) is 14.4. The van der Waals surface area contributed by atoms with E-state index in [-0.39, 0.29) is 21.7 Å². The molecule has 2 aromatic heterocycles. The lowest BCUT2D eigenvalue weighted by molar-refractivity contribution is -0.141. The van der Waals surface area contributed by atoms with Crippen LogP contribution >= 0.6 is 11.8 Å². The number of hydrogen-bond acceptors (Lipinski definition) is 5. The molecular weight excluding hydrogens is 418 g/mol. The summed E-state index contributed by atoms with van der Waals surface area (Å²) in [7, 11) is 0. The second-order valence-corrected chi connectivity index (χ2v) is 7.12. The minimum Gasteiger partial charge on any atom is -0.297 e. The van der Waals surface area contributed by atoms with Crippen molar-refractivity contribution in [2.45, 2.75) is 23.0 Å². The maximum atomic E-state index is 14.4. The Morgan fingerprint density at radius 2 is 1.63 bits per heavy atom. The highest BCUT2D eigenvalue weighted by atomic mass is 32.2. The standard InChI is InChI=1S/C20H13F4N5S/c21-15-9-5-4-8-14(15)17-27-28-19(29(17)12-13-6-2-1-3-7-13)30-18-25-11-10-16(26-18)20(22,23)24/h1-11H,12H2. The molecule has 10 heteroatoms. The fourth-order valence-corrected chi connectivity index (χ4v) is 3.51. The summed E-state index contributed by atoms with van der Waals surface area (Å²) in [6.07, 6.45) is -3.55. The molecule has 0 fully saturated rings. The van der Waals surface area contributed by atoms with Gasteiger partial charge < -0.3 is 0 Å². The maximum Gasteiger partial charge on any atom is 0.433 e. The van der Waals surface area contributed by atoms with Gasteiger partial charge in [-0.3, -0.25) is 4.57 Å². The highest BCUT2D eigenvalue weighted by Crippen LogP contribution is 2.32. The Morgan fingerprint density at radius 3 is 2.37 bits per heavy atom. The molecule has 0 radical (unpaired) electrons. The normalized spacial score (nSPS) is 11.6. The first-order valence-electron chi connectivity index (χ1n) is 8.72. The lowest BCUT2D eigenvalue weighted by Gasteiger charge is -2.11. The molecule has 0 amide bonds. The maximum absolute atomic E-state index is 14.4. The van der Waals surface area contributed by atoms with E-state index in [0.717, 1.165) is 29.6 Å². The predicted octanol–water partition coefficient (Wildman–Crippen LogP) is 5.09. The Balaban J connectivity index is 1.76. The van der Waals surface area contributed by atoms with Crippen molar-refractivity contribution >= 4 is 11.8 Å². The first-order valence-corrected chi connectivity index (χ1v) is 9.53. The summed E-state index contributed by atoms with van der Waals surface area (Å²) in [4.78, 5) is 7.45. The molecule has 5 nitrogen and oxygen atoms in total. The zero-order chi connectivity index (χ0) is 21.1. The van der Waals surface area contributed by atoms with E-state index in [9.17, 15) is 17.6 Å². The van der Waals surface area contributed by atoms with E-state index in [4.69, 9.17) is 0 Å². The summed E-state index contributed by atoms with van der Waals surface area (Å²) in [6.45, 7) is 0.290. The van der Waals surface area contributed by atoms with Gasteiger partial charge in [0.1, 0.15) is 11.5 Å². The summed E-state index contributed by atoms with van der Waals surface area (Å²) in [5.74, 6) is -0.225. The minimum atomic E-state index is -4.59. The molecule has 0 atom stereocenters. The molecule has 0 N–H and O–H groups in total. The van der Waals surface area contributed by atoms with Crippen LogP contribution in [-0.4, -0.2) is 24.7 Å². The molecule has 2 heterocycles. The van der Waals surface area contributed by atoms with Crippen molar-refractivity contribution in [1.82, 2.24) is 24.7 Å². The Labute approximate surface area is 172 Å². The largest absolute Gasteiger partial charge is 0.433 e. The number of nitrogens with zero attached hydrogens (tertiary/aromatic N) is 5. The van der Waals surface area contributed by atoms with Gasteiger partial charge in [0.15, 0.2) is 16.1 Å². The lowest BCUT2D eigenvalue weighted by Crippen LogP contribution is -2.09. The first kappa shape index (κ1) is 20.0. The monoisotopic (exact) mass is 431 g/mol. The van der Waals surface area contributed by atoms with Crippen molar-refractivity contribution in [3.8, 4) is 11.4 Å². The number of alkyl halides is 3. The number of rotatable bonds is 5. The van der Waals surface area contributed by atoms with Gasteiger partial charge in [-0.05, 0) is 35.5 Å². The molecule has 0 saturated heterocycles. The van der Waals surface area contributed by atoms with E-state index in [1.165, 1.54) is 6.07 Å². The van der Waals surface area contributed by atoms with Crippen molar-refractivity contribution in [2.75, 3.05) is 0 Å². The van der Waals surface area contributed by atoms with Gasteiger partial charge in [-0.25, -0.2) is 14.4 Å². The quantitative estimate of drug-likeness (QED) is 0.325. The summed E-state index contributed by atoms with van der Waals surface area (Å²) >= 11 is 0.830. The van der Waals surface area contributed by atoms with Crippen LogP contribution in [0, 0.1) is 5.82 Å². The van der Waals surface area contributed by atoms with E-state index < -0.39 is 17.7 Å². The van der Waals surface area contributed by atoms with Crippen LogP contribution in [0.2, 0.25) is 0 Å². The molecule has 0 aliphatic carbocycles. The zero-order valence-electron chi connectivity index (χ0n) is 15.2. The molecule has 30 heavy (non-hydrogen) atoms. The van der Waals surface area contributed by atoms with Crippen LogP contribution in [0.5, 0.6) is 0 Å². The van der Waals surface area contributed by atoms with E-state index in [1.54, 1.807) is 22.8 Å². The minimum absolute atomic E-state index is 0.133. The van der Waals surface area contributed by atoms with E-state index in [2.05, 4.69) is 20.2 Å². The topological polar surface area (TPSA) is 56.5 Å². The average molecular weight is 431 g/mol. The van der Waals surface area contributed by atoms with Crippen LogP contribution < -0.4 is 0 Å². The van der Waals surface area contributed by atoms with Crippen molar-refractivity contribution in [1.29, 1.82) is 0 Å². The second kappa shape index (κ2) is 8.23. The average Bonchev–Trinajstić information content (AvgIpc) is 3.11. The van der Waals surface area contributed by atoms with E-state index in [1.807, 2.05) is 30.3 Å². The van der Waals surface area contributed by atoms with Gasteiger partial charge in [0, 0.05) is 6.20 Å². The third kappa shape index (κ3) is 4.33. The number of aromatic nitrogens is 5. The zero-order valence-corrected chi connectivity index (χ0v) is 16.0. The molecule has 2 aromatic carbocycles. The molecule has 0 aliphatic heterocycles. The van der Waals surface area contributed by atoms with E-state index >= 15 is 0 Å². The molecule has 4 rings (SSSR count). The SMILES string of the molecule is Fc1ccccc1-c1nnc(Sc2nccc(C(F)(F)F)n2)n1Cc1ccccc1. The van der Waals surface area contributed by atoms with Gasteiger partial charge in [0.2, 0.25) is 0 Å². The van der Waals surface area contributed by atoms with Crippen molar-refractivity contribution in [2.24, 2.45) is 0 Å². The van der Waals surface area contributed by atoms with Gasteiger partial charge in [-0.2, -0.15) is 13.2 Å². The second-order valence-electron chi connectivity index (χ2n) is 6.18. The van der Waals surface area contributed by atoms with Gasteiger partial charge in [-0.1, -0.05) is 42.5 Å². The third-order valence-electron chi connectivity index (χ3n) is 4.12. The van der Waals surface area contributed by atoms with Crippen LogP contribution in [-0.2, 0) is 12.7 Å². The van der Waals surface area contributed by atoms with Gasteiger partial charge in [0.05, 0.1) is 12.1 Å². The number of benzene rings is 2. The number of hydrogen-bond donors (Lipinski definition) is 0. The van der Waals surface area contributed by atoms with Crippen LogP contribution in [0.4, 0.5) is 17.6 Å². The molecule has 0 spiro atoms. The number of halogens is 4. The molecule has 0 bridgehead atoms. The molecule has 152 valence electrons.